The van der Waals surface area contributed by atoms with Crippen LogP contribution in [0.5, 0.6) is 0 Å². The van der Waals surface area contributed by atoms with Crippen LogP contribution in [0.2, 0.25) is 0 Å². The van der Waals surface area contributed by atoms with Crippen LogP contribution in [-0.2, 0) is 50.7 Å². The molecule has 404 valence electrons. The number of aromatic nitrogens is 4. The highest BCUT2D eigenvalue weighted by Gasteiger charge is 2.40. The van der Waals surface area contributed by atoms with Crippen LogP contribution in [-0.4, -0.2) is 186 Å². The number of ether oxygens (including phenoxy) is 5. The summed E-state index contributed by atoms with van der Waals surface area (Å²) in [5.41, 5.74) is 6.63. The van der Waals surface area contributed by atoms with Crippen molar-refractivity contribution in [3.63, 3.8) is 0 Å². The number of nitrogens with one attached hydrogen (secondary N) is 3. The lowest BCUT2D eigenvalue weighted by Crippen LogP contribution is -2.57. The number of primary amides is 1. The first kappa shape index (κ1) is 56.9. The van der Waals surface area contributed by atoms with Gasteiger partial charge >= 0.3 is 6.18 Å². The molecule has 24 heteroatoms. The molecule has 4 heterocycles. The SMILES string of the molecule is CC(C)n1nc([C@@H](C(=O)Nc2ccc(C[C@@H](NC(=O)COCCOCCOCCOC[C@H]3OC[C@H](Nc4cncc(C(F)(F)F)n4)[C@@H](O)[C@H]3O)C(=O)N3CCN(C)CC3)cc2)C2CCCCCC2)cc1C(N)=O. The maximum atomic E-state index is 14.1. The van der Waals surface area contributed by atoms with Crippen molar-refractivity contribution in [3.8, 4) is 0 Å². The summed E-state index contributed by atoms with van der Waals surface area (Å²) in [6.45, 7) is 6.82. The number of piperazine rings is 1. The Kier molecular flexibility index (Phi) is 21.7. The molecule has 2 aliphatic heterocycles. The Labute approximate surface area is 423 Å². The summed E-state index contributed by atoms with van der Waals surface area (Å²) in [4.78, 5) is 64.4. The lowest BCUT2D eigenvalue weighted by Gasteiger charge is -2.38. The van der Waals surface area contributed by atoms with E-state index in [4.69, 9.17) is 34.5 Å². The summed E-state index contributed by atoms with van der Waals surface area (Å²) in [5.74, 6) is -2.27. The zero-order valence-electron chi connectivity index (χ0n) is 41.8. The van der Waals surface area contributed by atoms with Crippen LogP contribution in [0.25, 0.3) is 0 Å². The van der Waals surface area contributed by atoms with Crippen molar-refractivity contribution in [2.45, 2.75) is 107 Å². The van der Waals surface area contributed by atoms with E-state index in [1.54, 1.807) is 27.8 Å². The molecule has 3 aliphatic rings. The van der Waals surface area contributed by atoms with Crippen molar-refractivity contribution in [3.05, 3.63) is 65.4 Å². The Bertz CT molecular complexity index is 2220. The molecule has 0 spiro atoms. The van der Waals surface area contributed by atoms with Crippen molar-refractivity contribution in [1.82, 2.24) is 34.9 Å². The molecule has 1 aromatic carbocycles. The van der Waals surface area contributed by atoms with Crippen molar-refractivity contribution >= 4 is 35.1 Å². The number of alkyl halides is 3. The zero-order valence-corrected chi connectivity index (χ0v) is 41.8. The van der Waals surface area contributed by atoms with E-state index in [9.17, 15) is 42.6 Å². The smallest absolute Gasteiger partial charge is 0.388 e. The van der Waals surface area contributed by atoms with Crippen LogP contribution in [0.1, 0.15) is 91.8 Å². The standard InChI is InChI=1S/C49H71F3N10O11/c1-31(2)62-38(46(53)66)25-35(59-62)43(33-8-6-4-5-7-9-33)47(67)55-34-12-10-32(11-13-34)24-36(48(68)61-16-14-60(3)15-17-61)57-42(63)30-72-23-21-70-19-18-69-20-22-71-29-39-45(65)44(64)37(28-73-39)56-41-27-54-26-40(58-41)49(50,51)52/h10-13,25-27,31,33,36-37,39,43-45,64-65H,4-9,14-24,28-30H2,1-3H3,(H2,53,66)(H,55,67)(H,56,58)(H,57,63)/t36-,37+,39-,43+,44-,45+/m1/s1. The van der Waals surface area contributed by atoms with E-state index < -0.39 is 60.0 Å². The van der Waals surface area contributed by atoms with Crippen LogP contribution in [0, 0.1) is 5.92 Å². The fourth-order valence-electron chi connectivity index (χ4n) is 9.08. The van der Waals surface area contributed by atoms with E-state index in [1.807, 2.05) is 33.0 Å². The highest BCUT2D eigenvalue weighted by molar-refractivity contribution is 5.97. The molecule has 7 N–H and O–H groups in total. The third-order valence-electron chi connectivity index (χ3n) is 13.1. The van der Waals surface area contributed by atoms with E-state index in [0.717, 1.165) is 50.3 Å². The number of aliphatic hydroxyl groups excluding tert-OH is 2. The molecule has 6 atom stereocenters. The third-order valence-corrected chi connectivity index (χ3v) is 13.1. The summed E-state index contributed by atoms with van der Waals surface area (Å²) in [7, 11) is 1.99. The van der Waals surface area contributed by atoms with Crippen LogP contribution in [0.3, 0.4) is 0 Å². The minimum Gasteiger partial charge on any atom is -0.388 e. The van der Waals surface area contributed by atoms with Gasteiger partial charge in [-0.3, -0.25) is 28.8 Å². The lowest BCUT2D eigenvalue weighted by atomic mass is 9.83. The van der Waals surface area contributed by atoms with Gasteiger partial charge in [0, 0.05) is 44.3 Å². The number of likely N-dealkylation sites (N-methyl/N-ethyl adjacent to an activating group) is 1. The van der Waals surface area contributed by atoms with Crippen molar-refractivity contribution in [1.29, 1.82) is 0 Å². The third kappa shape index (κ3) is 17.1. The molecule has 0 radical (unpaired) electrons. The van der Waals surface area contributed by atoms with E-state index >= 15 is 0 Å². The number of halogens is 3. The summed E-state index contributed by atoms with van der Waals surface area (Å²) >= 11 is 0. The number of nitrogens with two attached hydrogens (primary N) is 1. The lowest BCUT2D eigenvalue weighted by molar-refractivity contribution is -0.161. The topological polar surface area (TPSA) is 267 Å². The predicted octanol–water partition coefficient (Wildman–Crippen LogP) is 2.53. The molecule has 2 saturated heterocycles. The monoisotopic (exact) mass is 1030 g/mol. The largest absolute Gasteiger partial charge is 0.434 e. The molecule has 0 bridgehead atoms. The summed E-state index contributed by atoms with van der Waals surface area (Å²) in [5, 5.41) is 34.4. The Balaban J connectivity index is 0.898. The maximum absolute atomic E-state index is 14.1. The quantitative estimate of drug-likeness (QED) is 0.0526. The van der Waals surface area contributed by atoms with Gasteiger partial charge in [-0.05, 0) is 63.4 Å². The normalized spacial score (nSPS) is 21.1. The van der Waals surface area contributed by atoms with Crippen molar-refractivity contribution < 1.29 is 66.2 Å². The number of carbonyl (C=O) groups excluding carboxylic acids is 4. The maximum Gasteiger partial charge on any atom is 0.434 e. The van der Waals surface area contributed by atoms with Gasteiger partial charge in [0.1, 0.15) is 42.5 Å². The van der Waals surface area contributed by atoms with Gasteiger partial charge in [-0.2, -0.15) is 18.3 Å². The Morgan fingerprint density at radius 2 is 1.52 bits per heavy atom. The minimum absolute atomic E-state index is 0.0401. The molecule has 2 aromatic heterocycles. The van der Waals surface area contributed by atoms with Gasteiger partial charge in [0.25, 0.3) is 5.91 Å². The fraction of sp³-hybridized carbons (Fsp3) is 0.653. The average molecular weight is 1030 g/mol. The highest BCUT2D eigenvalue weighted by Crippen LogP contribution is 2.37. The molecule has 6 rings (SSSR count). The summed E-state index contributed by atoms with van der Waals surface area (Å²) in [6, 6.07) is 6.90. The van der Waals surface area contributed by atoms with Gasteiger partial charge in [-0.15, -0.1) is 0 Å². The molecule has 3 aromatic rings. The molecular formula is C49H71F3N10O11. The van der Waals surface area contributed by atoms with Crippen LogP contribution in [0.15, 0.2) is 42.7 Å². The molecule has 1 aliphatic carbocycles. The summed E-state index contributed by atoms with van der Waals surface area (Å²) < 4.78 is 68.3. The van der Waals surface area contributed by atoms with E-state index in [0.29, 0.717) is 43.8 Å². The molecule has 4 amide bonds. The van der Waals surface area contributed by atoms with Gasteiger partial charge in [0.2, 0.25) is 17.7 Å². The first-order chi connectivity index (χ1) is 35.0. The second-order valence-electron chi connectivity index (χ2n) is 19.0. The number of benzene rings is 1. The molecular weight excluding hydrogens is 962 g/mol. The highest BCUT2D eigenvalue weighted by atomic mass is 19.4. The van der Waals surface area contributed by atoms with E-state index in [2.05, 4.69) is 30.8 Å². The van der Waals surface area contributed by atoms with Crippen LogP contribution >= 0.6 is 0 Å². The number of nitrogens with zero attached hydrogens (tertiary/aromatic N) is 6. The number of hydrogen-bond acceptors (Lipinski definition) is 16. The molecule has 1 saturated carbocycles. The van der Waals surface area contributed by atoms with Crippen LogP contribution < -0.4 is 21.7 Å². The van der Waals surface area contributed by atoms with Gasteiger partial charge in [-0.25, -0.2) is 4.98 Å². The van der Waals surface area contributed by atoms with Crippen molar-refractivity contribution in [2.75, 3.05) is 103 Å². The second-order valence-corrected chi connectivity index (χ2v) is 19.0. The molecule has 73 heavy (non-hydrogen) atoms. The first-order valence-corrected chi connectivity index (χ1v) is 25.0. The predicted molar refractivity (Wildman–Crippen MR) is 259 cm³/mol. The number of carbonyl (C=O) groups is 4. The number of hydrogen-bond donors (Lipinski definition) is 6. The Morgan fingerprint density at radius 1 is 0.877 bits per heavy atom. The second kappa shape index (κ2) is 27.8. The van der Waals surface area contributed by atoms with Crippen molar-refractivity contribution in [2.24, 2.45) is 11.7 Å². The molecule has 21 nitrogen and oxygen atoms in total. The molecule has 0 unspecified atom stereocenters. The zero-order chi connectivity index (χ0) is 52.5. The number of anilines is 2. The van der Waals surface area contributed by atoms with Gasteiger partial charge < -0.3 is 65.4 Å². The van der Waals surface area contributed by atoms with Gasteiger partial charge in [0.15, 0.2) is 5.69 Å². The van der Waals surface area contributed by atoms with E-state index in [1.165, 1.54) is 0 Å². The number of amides is 4. The Hall–Kier alpha value is -5.34. The van der Waals surface area contributed by atoms with E-state index in [-0.39, 0.29) is 101 Å². The molecule has 3 fully saturated rings. The van der Waals surface area contributed by atoms with Gasteiger partial charge in [-0.1, -0.05) is 37.8 Å². The Morgan fingerprint density at radius 3 is 2.14 bits per heavy atom. The average Bonchev–Trinajstić information content (AvgIpc) is 3.64. The summed E-state index contributed by atoms with van der Waals surface area (Å²) in [6.07, 6.45) is -0.561. The van der Waals surface area contributed by atoms with Gasteiger partial charge in [0.05, 0.1) is 82.9 Å². The minimum atomic E-state index is -4.70. The fourth-order valence-corrected chi connectivity index (χ4v) is 9.08. The number of rotatable bonds is 25. The number of aliphatic hydroxyl groups is 2. The first-order valence-electron chi connectivity index (χ1n) is 25.0. The van der Waals surface area contributed by atoms with Crippen LogP contribution in [0.4, 0.5) is 24.7 Å².